The van der Waals surface area contributed by atoms with Gasteiger partial charge >= 0.3 is 0 Å². The molecule has 2 heterocycles. The number of fused-ring (bicyclic) bond motifs is 1. The monoisotopic (exact) mass is 362 g/mol. The molecule has 0 aliphatic carbocycles. The van der Waals surface area contributed by atoms with E-state index in [0.717, 1.165) is 33.0 Å². The van der Waals surface area contributed by atoms with Crippen LogP contribution in [0.1, 0.15) is 17.0 Å². The van der Waals surface area contributed by atoms with Crippen LogP contribution in [-0.4, -0.2) is 20.4 Å². The van der Waals surface area contributed by atoms with Gasteiger partial charge in [0.1, 0.15) is 0 Å². The van der Waals surface area contributed by atoms with Crippen LogP contribution in [0.15, 0.2) is 67.3 Å². The molecule has 2 aromatic carbocycles. The van der Waals surface area contributed by atoms with Gasteiger partial charge in [-0.1, -0.05) is 24.3 Å². The maximum Gasteiger partial charge on any atom is 0.224 e. The summed E-state index contributed by atoms with van der Waals surface area (Å²) in [6.45, 7) is 0.732. The van der Waals surface area contributed by atoms with Crippen molar-refractivity contribution in [3.8, 4) is 0 Å². The number of carbonyl (C=O) groups excluding carboxylic acids is 1. The Balaban J connectivity index is 1.35. The van der Waals surface area contributed by atoms with Gasteiger partial charge in [-0.25, -0.2) is 9.97 Å². The van der Waals surface area contributed by atoms with E-state index in [9.17, 15) is 4.79 Å². The number of para-hydroxylation sites is 1. The largest absolute Gasteiger partial charge is 0.333 e. The number of nitrogens with one attached hydrogen (secondary N) is 1. The van der Waals surface area contributed by atoms with Gasteiger partial charge in [0.15, 0.2) is 0 Å². The van der Waals surface area contributed by atoms with Gasteiger partial charge in [0, 0.05) is 37.5 Å². The lowest BCUT2D eigenvalue weighted by Crippen LogP contribution is -2.12. The average molecular weight is 362 g/mol. The first-order chi connectivity index (χ1) is 12.8. The first-order valence-electron chi connectivity index (χ1n) is 8.45. The molecule has 4 aromatic rings. The summed E-state index contributed by atoms with van der Waals surface area (Å²) in [5, 5.41) is 3.97. The Morgan fingerprint density at radius 3 is 2.92 bits per heavy atom. The van der Waals surface area contributed by atoms with Crippen molar-refractivity contribution in [2.24, 2.45) is 0 Å². The summed E-state index contributed by atoms with van der Waals surface area (Å²) in [5.74, 6) is 0.00374. The SMILES string of the molecule is O=C(CCc1nc2ccccc2s1)Nc1cccc(Cn2ccnc2)c1. The van der Waals surface area contributed by atoms with Crippen LogP contribution in [0.3, 0.4) is 0 Å². The number of carbonyl (C=O) groups is 1. The molecule has 0 saturated heterocycles. The van der Waals surface area contributed by atoms with Crippen molar-refractivity contribution < 1.29 is 4.79 Å². The lowest BCUT2D eigenvalue weighted by Gasteiger charge is -2.08. The van der Waals surface area contributed by atoms with Crippen molar-refractivity contribution in [1.29, 1.82) is 0 Å². The van der Waals surface area contributed by atoms with E-state index in [1.54, 1.807) is 23.9 Å². The Morgan fingerprint density at radius 2 is 2.08 bits per heavy atom. The van der Waals surface area contributed by atoms with Crippen molar-refractivity contribution in [2.45, 2.75) is 19.4 Å². The highest BCUT2D eigenvalue weighted by molar-refractivity contribution is 7.18. The molecule has 0 unspecified atom stereocenters. The van der Waals surface area contributed by atoms with Crippen LogP contribution in [-0.2, 0) is 17.8 Å². The minimum atomic E-state index is 0.00374. The third-order valence-corrected chi connectivity index (χ3v) is 5.14. The zero-order chi connectivity index (χ0) is 17.8. The number of benzene rings is 2. The van der Waals surface area contributed by atoms with Gasteiger partial charge < -0.3 is 9.88 Å². The number of rotatable bonds is 6. The molecule has 0 aliphatic rings. The molecule has 1 N–H and O–H groups in total. The van der Waals surface area contributed by atoms with E-state index in [1.807, 2.05) is 53.2 Å². The predicted molar refractivity (Wildman–Crippen MR) is 104 cm³/mol. The molecule has 26 heavy (non-hydrogen) atoms. The van der Waals surface area contributed by atoms with Crippen LogP contribution in [0.5, 0.6) is 0 Å². The van der Waals surface area contributed by atoms with Gasteiger partial charge in [0.25, 0.3) is 0 Å². The zero-order valence-corrected chi connectivity index (χ0v) is 14.9. The minimum absolute atomic E-state index is 0.00374. The smallest absolute Gasteiger partial charge is 0.224 e. The second-order valence-corrected chi connectivity index (χ2v) is 7.17. The Kier molecular flexibility index (Phi) is 4.75. The lowest BCUT2D eigenvalue weighted by atomic mass is 10.2. The Hall–Kier alpha value is -2.99. The number of imidazole rings is 1. The third kappa shape index (κ3) is 3.97. The van der Waals surface area contributed by atoms with E-state index >= 15 is 0 Å². The number of hydrogen-bond acceptors (Lipinski definition) is 4. The molecule has 0 saturated carbocycles. The molecule has 1 amide bonds. The molecule has 0 aliphatic heterocycles. The van der Waals surface area contributed by atoms with Crippen LogP contribution < -0.4 is 5.32 Å². The summed E-state index contributed by atoms with van der Waals surface area (Å²) in [6, 6.07) is 15.9. The standard InChI is InChI=1S/C20H18N4OS/c25-19(8-9-20-23-17-6-1-2-7-18(17)26-20)22-16-5-3-4-15(12-16)13-24-11-10-21-14-24/h1-7,10-12,14H,8-9,13H2,(H,22,25). The van der Waals surface area contributed by atoms with E-state index in [2.05, 4.69) is 21.4 Å². The highest BCUT2D eigenvalue weighted by Crippen LogP contribution is 2.22. The molecule has 0 spiro atoms. The fourth-order valence-corrected chi connectivity index (χ4v) is 3.78. The molecule has 2 aromatic heterocycles. The predicted octanol–water partition coefficient (Wildman–Crippen LogP) is 4.11. The fourth-order valence-electron chi connectivity index (χ4n) is 2.81. The normalized spacial score (nSPS) is 10.9. The Bertz CT molecular complexity index is 990. The zero-order valence-electron chi connectivity index (χ0n) is 14.1. The van der Waals surface area contributed by atoms with Gasteiger partial charge in [-0.15, -0.1) is 11.3 Å². The Labute approximate surface area is 155 Å². The number of nitrogens with zero attached hydrogens (tertiary/aromatic N) is 3. The number of amides is 1. The van der Waals surface area contributed by atoms with Gasteiger partial charge in [-0.3, -0.25) is 4.79 Å². The molecular weight excluding hydrogens is 344 g/mol. The maximum atomic E-state index is 12.3. The second kappa shape index (κ2) is 7.49. The van der Waals surface area contributed by atoms with E-state index in [-0.39, 0.29) is 5.91 Å². The summed E-state index contributed by atoms with van der Waals surface area (Å²) < 4.78 is 3.16. The second-order valence-electron chi connectivity index (χ2n) is 6.06. The molecule has 5 nitrogen and oxygen atoms in total. The van der Waals surface area contributed by atoms with Gasteiger partial charge in [0.2, 0.25) is 5.91 Å². The number of anilines is 1. The molecule has 130 valence electrons. The molecular formula is C20H18N4OS. The summed E-state index contributed by atoms with van der Waals surface area (Å²) in [4.78, 5) is 20.9. The van der Waals surface area contributed by atoms with Crippen LogP contribution in [0.4, 0.5) is 5.69 Å². The average Bonchev–Trinajstić information content (AvgIpc) is 3.29. The quantitative estimate of drug-likeness (QED) is 0.561. The minimum Gasteiger partial charge on any atom is -0.333 e. The summed E-state index contributed by atoms with van der Waals surface area (Å²) >= 11 is 1.65. The van der Waals surface area contributed by atoms with Crippen molar-refractivity contribution in [3.05, 3.63) is 77.8 Å². The van der Waals surface area contributed by atoms with Crippen molar-refractivity contribution in [3.63, 3.8) is 0 Å². The first-order valence-corrected chi connectivity index (χ1v) is 9.27. The number of thiazole rings is 1. The molecule has 0 radical (unpaired) electrons. The van der Waals surface area contributed by atoms with Crippen LogP contribution in [0.25, 0.3) is 10.2 Å². The number of aromatic nitrogens is 3. The third-order valence-electron chi connectivity index (χ3n) is 4.04. The summed E-state index contributed by atoms with van der Waals surface area (Å²) in [7, 11) is 0. The summed E-state index contributed by atoms with van der Waals surface area (Å²) in [6.07, 6.45) is 6.53. The van der Waals surface area contributed by atoms with Gasteiger partial charge in [-0.2, -0.15) is 0 Å². The van der Waals surface area contributed by atoms with E-state index < -0.39 is 0 Å². The molecule has 4 rings (SSSR count). The Morgan fingerprint density at radius 1 is 1.15 bits per heavy atom. The number of hydrogen-bond donors (Lipinski definition) is 1. The first kappa shape index (κ1) is 16.5. The molecule has 6 heteroatoms. The number of aryl methyl sites for hydroxylation is 1. The van der Waals surface area contributed by atoms with Crippen LogP contribution >= 0.6 is 11.3 Å². The molecule has 0 fully saturated rings. The van der Waals surface area contributed by atoms with Crippen molar-refractivity contribution in [2.75, 3.05) is 5.32 Å². The van der Waals surface area contributed by atoms with Crippen LogP contribution in [0, 0.1) is 0 Å². The molecule has 0 atom stereocenters. The fraction of sp³-hybridized carbons (Fsp3) is 0.150. The van der Waals surface area contributed by atoms with Gasteiger partial charge in [-0.05, 0) is 29.8 Å². The topological polar surface area (TPSA) is 59.8 Å². The van der Waals surface area contributed by atoms with E-state index in [1.165, 1.54) is 0 Å². The van der Waals surface area contributed by atoms with Gasteiger partial charge in [0.05, 0.1) is 21.6 Å². The van der Waals surface area contributed by atoms with E-state index in [4.69, 9.17) is 0 Å². The highest BCUT2D eigenvalue weighted by atomic mass is 32.1. The van der Waals surface area contributed by atoms with Crippen molar-refractivity contribution in [1.82, 2.24) is 14.5 Å². The van der Waals surface area contributed by atoms with Crippen molar-refractivity contribution >= 4 is 33.1 Å². The van der Waals surface area contributed by atoms with Crippen LogP contribution in [0.2, 0.25) is 0 Å². The lowest BCUT2D eigenvalue weighted by molar-refractivity contribution is -0.116. The summed E-state index contributed by atoms with van der Waals surface area (Å²) in [5.41, 5.74) is 2.93. The highest BCUT2D eigenvalue weighted by Gasteiger charge is 2.08. The molecule has 0 bridgehead atoms. The van der Waals surface area contributed by atoms with E-state index in [0.29, 0.717) is 12.8 Å². The maximum absolute atomic E-state index is 12.3.